The summed E-state index contributed by atoms with van der Waals surface area (Å²) >= 11 is 0. The van der Waals surface area contributed by atoms with Crippen LogP contribution in [0.4, 0.5) is 0 Å². The summed E-state index contributed by atoms with van der Waals surface area (Å²) in [7, 11) is 0. The summed E-state index contributed by atoms with van der Waals surface area (Å²) in [6, 6.07) is 17.4. The average Bonchev–Trinajstić information content (AvgIpc) is 3.00. The van der Waals surface area contributed by atoms with Crippen LogP contribution < -0.4 is 10.5 Å². The molecular weight excluding hydrogens is 276 g/mol. The molecule has 3 rings (SSSR count). The Morgan fingerprint density at radius 1 is 1.14 bits per heavy atom. The minimum absolute atomic E-state index is 0.0440. The zero-order chi connectivity index (χ0) is 15.4. The van der Waals surface area contributed by atoms with Crippen LogP contribution in [0.3, 0.4) is 0 Å². The van der Waals surface area contributed by atoms with Gasteiger partial charge in [0.25, 0.3) is 5.91 Å². The van der Waals surface area contributed by atoms with Gasteiger partial charge in [-0.2, -0.15) is 0 Å². The SMILES string of the molecule is N[C@@H]1CCN(C(=O)c2ccc(OCc3ccccc3)cc2)C1. The summed E-state index contributed by atoms with van der Waals surface area (Å²) in [4.78, 5) is 14.1. The number of nitrogens with two attached hydrogens (primary N) is 1. The number of carbonyl (C=O) groups excluding carboxylic acids is 1. The summed E-state index contributed by atoms with van der Waals surface area (Å²) < 4.78 is 5.72. The molecule has 0 spiro atoms. The minimum atomic E-state index is 0.0440. The van der Waals surface area contributed by atoms with E-state index >= 15 is 0 Å². The lowest BCUT2D eigenvalue weighted by atomic mass is 10.2. The zero-order valence-electron chi connectivity index (χ0n) is 12.4. The van der Waals surface area contributed by atoms with Crippen molar-refractivity contribution in [1.29, 1.82) is 0 Å². The average molecular weight is 296 g/mol. The fraction of sp³-hybridized carbons (Fsp3) is 0.278. The summed E-state index contributed by atoms with van der Waals surface area (Å²) in [6.45, 7) is 1.91. The van der Waals surface area contributed by atoms with Crippen molar-refractivity contribution < 1.29 is 9.53 Å². The van der Waals surface area contributed by atoms with Gasteiger partial charge in [-0.1, -0.05) is 30.3 Å². The van der Waals surface area contributed by atoms with Gasteiger partial charge in [-0.15, -0.1) is 0 Å². The molecule has 1 aliphatic rings. The third kappa shape index (κ3) is 3.46. The van der Waals surface area contributed by atoms with E-state index in [0.29, 0.717) is 18.7 Å². The molecule has 1 fully saturated rings. The van der Waals surface area contributed by atoms with E-state index in [4.69, 9.17) is 10.5 Å². The number of nitrogens with zero attached hydrogens (tertiary/aromatic N) is 1. The lowest BCUT2D eigenvalue weighted by Gasteiger charge is -2.16. The van der Waals surface area contributed by atoms with E-state index in [1.165, 1.54) is 0 Å². The first kappa shape index (κ1) is 14.6. The van der Waals surface area contributed by atoms with Gasteiger partial charge in [-0.25, -0.2) is 0 Å². The second-order valence-electron chi connectivity index (χ2n) is 5.60. The van der Waals surface area contributed by atoms with Crippen LogP contribution in [0.5, 0.6) is 5.75 Å². The van der Waals surface area contributed by atoms with E-state index < -0.39 is 0 Å². The van der Waals surface area contributed by atoms with E-state index in [1.54, 1.807) is 0 Å². The second-order valence-corrected chi connectivity index (χ2v) is 5.60. The van der Waals surface area contributed by atoms with E-state index in [9.17, 15) is 4.79 Å². The van der Waals surface area contributed by atoms with Crippen LogP contribution in [-0.2, 0) is 6.61 Å². The molecule has 0 aliphatic carbocycles. The van der Waals surface area contributed by atoms with Gasteiger partial charge in [0, 0.05) is 24.7 Å². The Morgan fingerprint density at radius 3 is 2.50 bits per heavy atom. The molecule has 0 unspecified atom stereocenters. The van der Waals surface area contributed by atoms with Crippen molar-refractivity contribution in [1.82, 2.24) is 4.90 Å². The number of hydrogen-bond acceptors (Lipinski definition) is 3. The van der Waals surface area contributed by atoms with Crippen molar-refractivity contribution in [3.63, 3.8) is 0 Å². The van der Waals surface area contributed by atoms with Gasteiger partial charge < -0.3 is 15.4 Å². The normalized spacial score (nSPS) is 17.5. The van der Waals surface area contributed by atoms with Crippen molar-refractivity contribution in [3.8, 4) is 5.75 Å². The molecule has 4 nitrogen and oxygen atoms in total. The number of hydrogen-bond donors (Lipinski definition) is 1. The number of ether oxygens (including phenoxy) is 1. The van der Waals surface area contributed by atoms with Crippen molar-refractivity contribution in [2.75, 3.05) is 13.1 Å². The molecule has 0 aromatic heterocycles. The molecule has 0 bridgehead atoms. The second kappa shape index (κ2) is 6.62. The first-order chi connectivity index (χ1) is 10.7. The first-order valence-electron chi connectivity index (χ1n) is 7.54. The summed E-state index contributed by atoms with van der Waals surface area (Å²) in [5.74, 6) is 0.807. The fourth-order valence-corrected chi connectivity index (χ4v) is 2.59. The Labute approximate surface area is 130 Å². The van der Waals surface area contributed by atoms with Crippen LogP contribution in [0.1, 0.15) is 22.3 Å². The van der Waals surface area contributed by atoms with E-state index in [1.807, 2.05) is 59.5 Å². The molecule has 1 saturated heterocycles. The molecule has 2 N–H and O–H groups in total. The van der Waals surface area contributed by atoms with Crippen molar-refractivity contribution >= 4 is 5.91 Å². The van der Waals surface area contributed by atoms with Gasteiger partial charge in [0.05, 0.1) is 0 Å². The number of carbonyl (C=O) groups is 1. The highest BCUT2D eigenvalue weighted by Crippen LogP contribution is 2.17. The standard InChI is InChI=1S/C18H20N2O2/c19-16-10-11-20(12-16)18(21)15-6-8-17(9-7-15)22-13-14-4-2-1-3-5-14/h1-9,16H,10-13,19H2/t16-/m1/s1. The summed E-state index contributed by atoms with van der Waals surface area (Å²) in [5.41, 5.74) is 7.65. The Morgan fingerprint density at radius 2 is 1.86 bits per heavy atom. The van der Waals surface area contributed by atoms with E-state index in [0.717, 1.165) is 24.3 Å². The number of benzene rings is 2. The van der Waals surface area contributed by atoms with Gasteiger partial charge in [-0.05, 0) is 36.2 Å². The van der Waals surface area contributed by atoms with Crippen LogP contribution in [0.2, 0.25) is 0 Å². The largest absolute Gasteiger partial charge is 0.489 e. The predicted octanol–water partition coefficient (Wildman–Crippen LogP) is 2.44. The predicted molar refractivity (Wildman–Crippen MR) is 85.7 cm³/mol. The molecule has 2 aromatic rings. The molecule has 0 radical (unpaired) electrons. The smallest absolute Gasteiger partial charge is 0.253 e. The molecule has 1 amide bonds. The molecule has 1 aliphatic heterocycles. The van der Waals surface area contributed by atoms with Gasteiger partial charge in [0.1, 0.15) is 12.4 Å². The maximum Gasteiger partial charge on any atom is 0.253 e. The zero-order valence-corrected chi connectivity index (χ0v) is 12.4. The lowest BCUT2D eigenvalue weighted by molar-refractivity contribution is 0.0791. The van der Waals surface area contributed by atoms with Gasteiger partial charge in [0.15, 0.2) is 0 Å². The van der Waals surface area contributed by atoms with Gasteiger partial charge in [-0.3, -0.25) is 4.79 Å². The molecular formula is C18H20N2O2. The number of amides is 1. The molecule has 22 heavy (non-hydrogen) atoms. The van der Waals surface area contributed by atoms with Crippen LogP contribution >= 0.6 is 0 Å². The fourth-order valence-electron chi connectivity index (χ4n) is 2.59. The topological polar surface area (TPSA) is 55.6 Å². The van der Waals surface area contributed by atoms with Crippen LogP contribution in [0, 0.1) is 0 Å². The highest BCUT2D eigenvalue weighted by Gasteiger charge is 2.24. The highest BCUT2D eigenvalue weighted by molar-refractivity contribution is 5.94. The minimum Gasteiger partial charge on any atom is -0.489 e. The third-order valence-corrected chi connectivity index (χ3v) is 3.86. The third-order valence-electron chi connectivity index (χ3n) is 3.86. The van der Waals surface area contributed by atoms with Crippen molar-refractivity contribution in [3.05, 3.63) is 65.7 Å². The molecule has 1 atom stereocenters. The van der Waals surface area contributed by atoms with Crippen LogP contribution in [0.15, 0.2) is 54.6 Å². The summed E-state index contributed by atoms with van der Waals surface area (Å²) in [6.07, 6.45) is 0.879. The lowest BCUT2D eigenvalue weighted by Crippen LogP contribution is -2.31. The number of likely N-dealkylation sites (tertiary alicyclic amines) is 1. The van der Waals surface area contributed by atoms with Crippen LogP contribution in [0.25, 0.3) is 0 Å². The molecule has 4 heteroatoms. The Kier molecular flexibility index (Phi) is 4.39. The highest BCUT2D eigenvalue weighted by atomic mass is 16.5. The quantitative estimate of drug-likeness (QED) is 0.943. The van der Waals surface area contributed by atoms with Gasteiger partial charge >= 0.3 is 0 Å². The molecule has 2 aromatic carbocycles. The van der Waals surface area contributed by atoms with Crippen molar-refractivity contribution in [2.24, 2.45) is 5.73 Å². The van der Waals surface area contributed by atoms with Crippen LogP contribution in [-0.4, -0.2) is 29.9 Å². The maximum atomic E-state index is 12.3. The maximum absolute atomic E-state index is 12.3. The summed E-state index contributed by atoms with van der Waals surface area (Å²) in [5, 5.41) is 0. The molecule has 1 heterocycles. The Balaban J connectivity index is 1.59. The Hall–Kier alpha value is -2.33. The Bertz CT molecular complexity index is 625. The van der Waals surface area contributed by atoms with E-state index in [2.05, 4.69) is 0 Å². The molecule has 0 saturated carbocycles. The van der Waals surface area contributed by atoms with Crippen molar-refractivity contribution in [2.45, 2.75) is 19.1 Å². The first-order valence-corrected chi connectivity index (χ1v) is 7.54. The number of rotatable bonds is 4. The van der Waals surface area contributed by atoms with E-state index in [-0.39, 0.29) is 11.9 Å². The molecule has 114 valence electrons. The van der Waals surface area contributed by atoms with Gasteiger partial charge in [0.2, 0.25) is 0 Å². The monoisotopic (exact) mass is 296 g/mol.